The zero-order chi connectivity index (χ0) is 11.8. The van der Waals surface area contributed by atoms with Crippen molar-refractivity contribution in [2.24, 2.45) is 0 Å². The predicted octanol–water partition coefficient (Wildman–Crippen LogP) is 3.53. The van der Waals surface area contributed by atoms with Gasteiger partial charge >= 0.3 is 0 Å². The molecule has 2 aromatic carbocycles. The summed E-state index contributed by atoms with van der Waals surface area (Å²) >= 11 is 0. The summed E-state index contributed by atoms with van der Waals surface area (Å²) < 4.78 is 0. The summed E-state index contributed by atoms with van der Waals surface area (Å²) in [4.78, 5) is 5.35. The molecule has 2 nitrogen and oxygen atoms in total. The summed E-state index contributed by atoms with van der Waals surface area (Å²) in [7, 11) is 0. The van der Waals surface area contributed by atoms with Crippen LogP contribution in [0.5, 0.6) is 5.75 Å². The molecule has 0 radical (unpaired) electrons. The van der Waals surface area contributed by atoms with Gasteiger partial charge < -0.3 is 4.84 Å². The molecule has 1 aliphatic heterocycles. The molecular formula is C15H13NO. The third-order valence-electron chi connectivity index (χ3n) is 2.97. The summed E-state index contributed by atoms with van der Waals surface area (Å²) in [6, 6.07) is 14.5. The quantitative estimate of drug-likeness (QED) is 0.798. The minimum absolute atomic E-state index is 0.816. The van der Waals surface area contributed by atoms with E-state index in [1.807, 2.05) is 12.1 Å². The Morgan fingerprint density at radius 2 is 1.82 bits per heavy atom. The van der Waals surface area contributed by atoms with E-state index in [-0.39, 0.29) is 0 Å². The molecule has 0 bridgehead atoms. The fraction of sp³-hybridized carbons (Fsp3) is 0.0667. The topological polar surface area (TPSA) is 21.3 Å². The van der Waals surface area contributed by atoms with Gasteiger partial charge in [-0.25, -0.2) is 5.48 Å². The van der Waals surface area contributed by atoms with Crippen LogP contribution in [-0.2, 0) is 0 Å². The summed E-state index contributed by atoms with van der Waals surface area (Å²) in [5.74, 6) is 0.841. The molecule has 0 fully saturated rings. The molecule has 1 aliphatic rings. The highest BCUT2D eigenvalue weighted by atomic mass is 16.7. The predicted molar refractivity (Wildman–Crippen MR) is 69.4 cm³/mol. The molecule has 1 heterocycles. The molecule has 0 spiro atoms. The second-order valence-corrected chi connectivity index (χ2v) is 4.23. The molecule has 0 amide bonds. The fourth-order valence-electron chi connectivity index (χ4n) is 2.07. The summed E-state index contributed by atoms with van der Waals surface area (Å²) in [6.45, 7) is 6.05. The molecule has 0 aliphatic carbocycles. The first kappa shape index (κ1) is 9.97. The number of hydrogen-bond acceptors (Lipinski definition) is 2. The van der Waals surface area contributed by atoms with Crippen LogP contribution in [0.15, 0.2) is 49.0 Å². The van der Waals surface area contributed by atoms with E-state index < -0.39 is 0 Å². The van der Waals surface area contributed by atoms with Gasteiger partial charge in [-0.15, -0.1) is 0 Å². The molecule has 1 N–H and O–H groups in total. The molecule has 0 aromatic heterocycles. The molecular weight excluding hydrogens is 210 g/mol. The third kappa shape index (κ3) is 1.58. The van der Waals surface area contributed by atoms with Crippen molar-refractivity contribution in [2.45, 2.75) is 6.92 Å². The van der Waals surface area contributed by atoms with Gasteiger partial charge in [0.1, 0.15) is 0 Å². The van der Waals surface area contributed by atoms with E-state index in [0.29, 0.717) is 0 Å². The van der Waals surface area contributed by atoms with Crippen LogP contribution in [0.2, 0.25) is 0 Å². The molecule has 3 rings (SSSR count). The minimum Gasteiger partial charge on any atom is -0.381 e. The first-order valence-corrected chi connectivity index (χ1v) is 5.58. The maximum atomic E-state index is 5.35. The molecule has 17 heavy (non-hydrogen) atoms. The molecule has 2 aromatic rings. The molecule has 2 heteroatoms. The van der Waals surface area contributed by atoms with Crippen molar-refractivity contribution < 1.29 is 4.84 Å². The van der Waals surface area contributed by atoms with E-state index in [4.69, 9.17) is 4.84 Å². The Bertz CT molecular complexity index is 584. The second kappa shape index (κ2) is 3.67. The zero-order valence-electron chi connectivity index (χ0n) is 9.66. The van der Waals surface area contributed by atoms with Gasteiger partial charge in [-0.2, -0.15) is 0 Å². The minimum atomic E-state index is 0.816. The lowest BCUT2D eigenvalue weighted by molar-refractivity contribution is 0.272. The summed E-state index contributed by atoms with van der Waals surface area (Å²) in [5, 5.41) is 0. The van der Waals surface area contributed by atoms with Gasteiger partial charge in [0, 0.05) is 0 Å². The van der Waals surface area contributed by atoms with Crippen LogP contribution in [0, 0.1) is 6.92 Å². The van der Waals surface area contributed by atoms with Crippen molar-refractivity contribution in [3.8, 4) is 16.9 Å². The summed E-state index contributed by atoms with van der Waals surface area (Å²) in [5.41, 5.74) is 8.27. The van der Waals surface area contributed by atoms with Crippen LogP contribution >= 0.6 is 0 Å². The number of aryl methyl sites for hydroxylation is 1. The normalized spacial score (nSPS) is 12.9. The number of benzene rings is 2. The van der Waals surface area contributed by atoms with Gasteiger partial charge in [-0.3, -0.25) is 0 Å². The van der Waals surface area contributed by atoms with Crippen LogP contribution in [-0.4, -0.2) is 0 Å². The van der Waals surface area contributed by atoms with Crippen molar-refractivity contribution in [3.05, 3.63) is 60.2 Å². The van der Waals surface area contributed by atoms with E-state index in [9.17, 15) is 0 Å². The van der Waals surface area contributed by atoms with Gasteiger partial charge in [0.2, 0.25) is 0 Å². The highest BCUT2D eigenvalue weighted by Crippen LogP contribution is 2.37. The Balaban J connectivity index is 2.19. The first-order chi connectivity index (χ1) is 8.25. The standard InChI is InChI=1S/C15H13NO/c1-10-6-8-12(9-7-10)13-4-3-5-14-15(13)11(2)16-17-14/h3-9,16H,2H2,1H3. The third-order valence-corrected chi connectivity index (χ3v) is 2.97. The van der Waals surface area contributed by atoms with Gasteiger partial charge in [0.15, 0.2) is 5.75 Å². The smallest absolute Gasteiger partial charge is 0.165 e. The Kier molecular flexibility index (Phi) is 2.15. The number of hydroxylamine groups is 1. The first-order valence-electron chi connectivity index (χ1n) is 5.58. The lowest BCUT2D eigenvalue weighted by Gasteiger charge is -2.06. The number of fused-ring (bicyclic) bond motifs is 1. The van der Waals surface area contributed by atoms with Crippen LogP contribution in [0.1, 0.15) is 11.1 Å². The van der Waals surface area contributed by atoms with Crippen LogP contribution in [0.3, 0.4) is 0 Å². The Morgan fingerprint density at radius 1 is 1.06 bits per heavy atom. The molecule has 0 unspecified atom stereocenters. The van der Waals surface area contributed by atoms with Crippen LogP contribution in [0.25, 0.3) is 16.8 Å². The van der Waals surface area contributed by atoms with Crippen molar-refractivity contribution in [1.82, 2.24) is 5.48 Å². The van der Waals surface area contributed by atoms with E-state index in [1.165, 1.54) is 11.1 Å². The van der Waals surface area contributed by atoms with E-state index >= 15 is 0 Å². The van der Waals surface area contributed by atoms with Crippen LogP contribution in [0.4, 0.5) is 0 Å². The van der Waals surface area contributed by atoms with E-state index in [0.717, 1.165) is 22.6 Å². The molecule has 0 saturated carbocycles. The van der Waals surface area contributed by atoms with E-state index in [1.54, 1.807) is 0 Å². The average Bonchev–Trinajstić information content (AvgIpc) is 2.73. The number of hydrogen-bond donors (Lipinski definition) is 1. The van der Waals surface area contributed by atoms with Gasteiger partial charge in [0.05, 0.1) is 11.3 Å². The monoisotopic (exact) mass is 223 g/mol. The number of nitrogens with one attached hydrogen (secondary N) is 1. The second-order valence-electron chi connectivity index (χ2n) is 4.23. The Labute approximate surface area is 101 Å². The van der Waals surface area contributed by atoms with Crippen molar-refractivity contribution in [3.63, 3.8) is 0 Å². The Morgan fingerprint density at radius 3 is 2.59 bits per heavy atom. The zero-order valence-corrected chi connectivity index (χ0v) is 9.66. The Hall–Kier alpha value is -2.22. The van der Waals surface area contributed by atoms with E-state index in [2.05, 4.69) is 49.3 Å². The van der Waals surface area contributed by atoms with Gasteiger partial charge in [0.25, 0.3) is 0 Å². The van der Waals surface area contributed by atoms with Crippen molar-refractivity contribution >= 4 is 5.70 Å². The van der Waals surface area contributed by atoms with Crippen molar-refractivity contribution in [1.29, 1.82) is 0 Å². The lowest BCUT2D eigenvalue weighted by atomic mass is 9.97. The van der Waals surface area contributed by atoms with Crippen molar-refractivity contribution in [2.75, 3.05) is 0 Å². The SMILES string of the molecule is C=C1NOc2cccc(-c3ccc(C)cc3)c21. The fourth-order valence-corrected chi connectivity index (χ4v) is 2.07. The maximum Gasteiger partial charge on any atom is 0.165 e. The lowest BCUT2D eigenvalue weighted by Crippen LogP contribution is -2.06. The molecule has 0 saturated heterocycles. The number of rotatable bonds is 1. The van der Waals surface area contributed by atoms with Crippen LogP contribution < -0.4 is 10.3 Å². The highest BCUT2D eigenvalue weighted by molar-refractivity contribution is 5.84. The van der Waals surface area contributed by atoms with Gasteiger partial charge in [-0.05, 0) is 24.1 Å². The summed E-state index contributed by atoms with van der Waals surface area (Å²) in [6.07, 6.45) is 0. The van der Waals surface area contributed by atoms with Gasteiger partial charge in [-0.1, -0.05) is 48.5 Å². The maximum absolute atomic E-state index is 5.35. The largest absolute Gasteiger partial charge is 0.381 e. The highest BCUT2D eigenvalue weighted by Gasteiger charge is 2.20. The average molecular weight is 223 g/mol. The molecule has 84 valence electrons. The molecule has 0 atom stereocenters.